The van der Waals surface area contributed by atoms with Crippen LogP contribution in [-0.2, 0) is 10.2 Å². The Morgan fingerprint density at radius 1 is 1.00 bits per heavy atom. The average molecular weight is 487 g/mol. The largest absolute Gasteiger partial charge is 0.337 e. The third-order valence-corrected chi connectivity index (χ3v) is 7.73. The molecular formula is C29H31FN4O2. The van der Waals surface area contributed by atoms with Gasteiger partial charge in [-0.05, 0) is 61.6 Å². The Labute approximate surface area is 210 Å². The lowest BCUT2D eigenvalue weighted by Crippen LogP contribution is -2.50. The number of amides is 2. The lowest BCUT2D eigenvalue weighted by Gasteiger charge is -2.38. The van der Waals surface area contributed by atoms with Gasteiger partial charge in [0.2, 0.25) is 5.91 Å². The molecule has 2 unspecified atom stereocenters. The van der Waals surface area contributed by atoms with Crippen LogP contribution in [0, 0.1) is 5.82 Å². The molecule has 186 valence electrons. The van der Waals surface area contributed by atoms with Crippen LogP contribution >= 0.6 is 0 Å². The van der Waals surface area contributed by atoms with Crippen LogP contribution in [0.5, 0.6) is 0 Å². The molecule has 2 fully saturated rings. The van der Waals surface area contributed by atoms with Crippen LogP contribution < -0.4 is 11.1 Å². The van der Waals surface area contributed by atoms with Crippen molar-refractivity contribution >= 4 is 17.5 Å². The van der Waals surface area contributed by atoms with Crippen molar-refractivity contribution < 1.29 is 14.0 Å². The molecular weight excluding hydrogens is 455 g/mol. The number of hydrogen-bond donors (Lipinski definition) is 2. The molecule has 36 heavy (non-hydrogen) atoms. The normalized spacial score (nSPS) is 19.7. The lowest BCUT2D eigenvalue weighted by atomic mass is 9.77. The molecule has 1 aliphatic heterocycles. The van der Waals surface area contributed by atoms with E-state index < -0.39 is 11.5 Å². The maximum atomic E-state index is 14.9. The zero-order chi connectivity index (χ0) is 25.1. The van der Waals surface area contributed by atoms with Gasteiger partial charge in [0, 0.05) is 35.8 Å². The second-order valence-electron chi connectivity index (χ2n) is 9.81. The number of nitrogens with zero attached hydrogens (tertiary/aromatic N) is 2. The molecule has 1 saturated heterocycles. The summed E-state index contributed by atoms with van der Waals surface area (Å²) in [5.74, 6) is -0.531. The standard InChI is InChI=1S/C29H31FN4O2/c30-24-7-2-1-6-23(24)29(15-3-4-16-29)28(36)34-19-5-8-25(34)26(31)20-9-11-21(12-10-20)27(35)33-22-13-17-32-18-14-22/h1-2,6-7,9-14,17-18,25-26H,3-5,8,15-16,19,31H2,(H,32,33,35). The summed E-state index contributed by atoms with van der Waals surface area (Å²) in [6, 6.07) is 16.8. The van der Waals surface area contributed by atoms with Crippen molar-refractivity contribution in [2.45, 2.75) is 56.0 Å². The molecule has 2 atom stereocenters. The molecule has 0 bridgehead atoms. The maximum Gasteiger partial charge on any atom is 0.255 e. The number of hydrogen-bond acceptors (Lipinski definition) is 4. The van der Waals surface area contributed by atoms with Gasteiger partial charge in [-0.3, -0.25) is 14.6 Å². The molecule has 0 radical (unpaired) electrons. The van der Waals surface area contributed by atoms with Gasteiger partial charge in [0.05, 0.1) is 17.5 Å². The number of rotatable bonds is 6. The van der Waals surface area contributed by atoms with Crippen LogP contribution in [0.15, 0.2) is 73.1 Å². The minimum absolute atomic E-state index is 0.00333. The number of nitrogens with one attached hydrogen (secondary N) is 1. The fourth-order valence-corrected chi connectivity index (χ4v) is 5.84. The summed E-state index contributed by atoms with van der Waals surface area (Å²) in [5.41, 5.74) is 8.47. The first-order valence-electron chi connectivity index (χ1n) is 12.6. The fraction of sp³-hybridized carbons (Fsp3) is 0.345. The quantitative estimate of drug-likeness (QED) is 0.515. The molecule has 5 rings (SSSR count). The Balaban J connectivity index is 1.34. The van der Waals surface area contributed by atoms with Gasteiger partial charge >= 0.3 is 0 Å². The third-order valence-electron chi connectivity index (χ3n) is 7.73. The minimum Gasteiger partial charge on any atom is -0.337 e. The smallest absolute Gasteiger partial charge is 0.255 e. The SMILES string of the molecule is NC(c1ccc(C(=O)Nc2ccncc2)cc1)C1CCCN1C(=O)C1(c2ccccc2F)CCCC1. The van der Waals surface area contributed by atoms with Crippen molar-refractivity contribution in [3.63, 3.8) is 0 Å². The molecule has 3 aromatic rings. The van der Waals surface area contributed by atoms with Gasteiger partial charge < -0.3 is 16.0 Å². The maximum absolute atomic E-state index is 14.9. The van der Waals surface area contributed by atoms with Gasteiger partial charge in [0.1, 0.15) is 5.82 Å². The first-order valence-corrected chi connectivity index (χ1v) is 12.6. The van der Waals surface area contributed by atoms with Gasteiger partial charge in [-0.2, -0.15) is 0 Å². The summed E-state index contributed by atoms with van der Waals surface area (Å²) in [5, 5.41) is 2.85. The van der Waals surface area contributed by atoms with Crippen LogP contribution in [0.1, 0.15) is 66.1 Å². The Hall–Kier alpha value is -3.58. The number of likely N-dealkylation sites (tertiary alicyclic amines) is 1. The summed E-state index contributed by atoms with van der Waals surface area (Å²) < 4.78 is 14.9. The summed E-state index contributed by atoms with van der Waals surface area (Å²) in [7, 11) is 0. The van der Waals surface area contributed by atoms with E-state index in [0.717, 1.165) is 31.2 Å². The van der Waals surface area contributed by atoms with Crippen molar-refractivity contribution in [3.05, 3.63) is 95.6 Å². The molecule has 2 aromatic carbocycles. The second-order valence-corrected chi connectivity index (χ2v) is 9.81. The summed E-state index contributed by atoms with van der Waals surface area (Å²) >= 11 is 0. The third kappa shape index (κ3) is 4.51. The molecule has 7 heteroatoms. The molecule has 2 amide bonds. The summed E-state index contributed by atoms with van der Waals surface area (Å²) in [6.07, 6.45) is 8.04. The van der Waals surface area contributed by atoms with Crippen molar-refractivity contribution in [1.29, 1.82) is 0 Å². The number of halogens is 1. The van der Waals surface area contributed by atoms with Crippen molar-refractivity contribution in [2.75, 3.05) is 11.9 Å². The minimum atomic E-state index is -0.817. The number of carbonyl (C=O) groups excluding carboxylic acids is 2. The molecule has 1 saturated carbocycles. The highest BCUT2D eigenvalue weighted by Crippen LogP contribution is 2.45. The Kier molecular flexibility index (Phi) is 6.83. The molecule has 2 aliphatic rings. The highest BCUT2D eigenvalue weighted by atomic mass is 19.1. The average Bonchev–Trinajstić information content (AvgIpc) is 3.60. The molecule has 2 heterocycles. The van der Waals surface area contributed by atoms with E-state index in [1.165, 1.54) is 6.07 Å². The Bertz CT molecular complexity index is 1230. The highest BCUT2D eigenvalue weighted by Gasteiger charge is 2.49. The van der Waals surface area contributed by atoms with Crippen LogP contribution in [0.25, 0.3) is 0 Å². The predicted octanol–water partition coefficient (Wildman–Crippen LogP) is 4.98. The Morgan fingerprint density at radius 2 is 1.69 bits per heavy atom. The molecule has 0 spiro atoms. The van der Waals surface area contributed by atoms with E-state index in [9.17, 15) is 14.0 Å². The number of carbonyl (C=O) groups is 2. The van der Waals surface area contributed by atoms with E-state index >= 15 is 0 Å². The van der Waals surface area contributed by atoms with E-state index in [-0.39, 0.29) is 23.7 Å². The van der Waals surface area contributed by atoms with E-state index in [2.05, 4.69) is 10.3 Å². The Morgan fingerprint density at radius 3 is 2.39 bits per heavy atom. The fourth-order valence-electron chi connectivity index (χ4n) is 5.84. The van der Waals surface area contributed by atoms with Gasteiger partial charge in [-0.15, -0.1) is 0 Å². The topological polar surface area (TPSA) is 88.3 Å². The van der Waals surface area contributed by atoms with Crippen molar-refractivity contribution in [1.82, 2.24) is 9.88 Å². The van der Waals surface area contributed by atoms with Gasteiger partial charge in [0.15, 0.2) is 0 Å². The molecule has 3 N–H and O–H groups in total. The van der Waals surface area contributed by atoms with Crippen LogP contribution in [-0.4, -0.2) is 34.3 Å². The summed E-state index contributed by atoms with van der Waals surface area (Å²) in [4.78, 5) is 32.5. The van der Waals surface area contributed by atoms with E-state index in [0.29, 0.717) is 36.2 Å². The predicted molar refractivity (Wildman–Crippen MR) is 137 cm³/mol. The first kappa shape index (κ1) is 24.1. The van der Waals surface area contributed by atoms with Gasteiger partial charge in [-0.25, -0.2) is 4.39 Å². The summed E-state index contributed by atoms with van der Waals surface area (Å²) in [6.45, 7) is 0.625. The molecule has 6 nitrogen and oxygen atoms in total. The number of aromatic nitrogens is 1. The molecule has 1 aromatic heterocycles. The number of pyridine rings is 1. The van der Waals surface area contributed by atoms with E-state index in [4.69, 9.17) is 5.73 Å². The van der Waals surface area contributed by atoms with Gasteiger partial charge in [-0.1, -0.05) is 43.2 Å². The van der Waals surface area contributed by atoms with E-state index in [1.807, 2.05) is 23.1 Å². The van der Waals surface area contributed by atoms with Crippen LogP contribution in [0.2, 0.25) is 0 Å². The molecule has 1 aliphatic carbocycles. The van der Waals surface area contributed by atoms with Crippen molar-refractivity contribution in [2.24, 2.45) is 5.73 Å². The first-order chi connectivity index (χ1) is 17.5. The van der Waals surface area contributed by atoms with E-state index in [1.54, 1.807) is 48.8 Å². The van der Waals surface area contributed by atoms with Crippen LogP contribution in [0.4, 0.5) is 10.1 Å². The number of benzene rings is 2. The second kappa shape index (κ2) is 10.2. The van der Waals surface area contributed by atoms with Crippen LogP contribution in [0.3, 0.4) is 0 Å². The monoisotopic (exact) mass is 486 g/mol. The van der Waals surface area contributed by atoms with Crippen molar-refractivity contribution in [3.8, 4) is 0 Å². The van der Waals surface area contributed by atoms with Gasteiger partial charge in [0.25, 0.3) is 5.91 Å². The number of nitrogens with two attached hydrogens (primary N) is 1. The zero-order valence-corrected chi connectivity index (χ0v) is 20.2. The lowest BCUT2D eigenvalue weighted by molar-refractivity contribution is -0.138. The number of anilines is 1. The zero-order valence-electron chi connectivity index (χ0n) is 20.2. The highest BCUT2D eigenvalue weighted by molar-refractivity contribution is 6.04.